The van der Waals surface area contributed by atoms with Crippen LogP contribution < -0.4 is 25.4 Å². The maximum absolute atomic E-state index is 17.3. The molecular weight excluding hydrogens is 632 g/mol. The van der Waals surface area contributed by atoms with Crippen molar-refractivity contribution in [2.45, 2.75) is 68.9 Å². The van der Waals surface area contributed by atoms with Gasteiger partial charge in [0.1, 0.15) is 41.8 Å². The van der Waals surface area contributed by atoms with Crippen LogP contribution >= 0.6 is 22.9 Å². The van der Waals surface area contributed by atoms with Gasteiger partial charge < -0.3 is 25.4 Å². The molecule has 2 aromatic carbocycles. The van der Waals surface area contributed by atoms with E-state index in [9.17, 15) is 9.65 Å². The Morgan fingerprint density at radius 3 is 2.98 bits per heavy atom. The minimum Gasteiger partial charge on any atom is -0.489 e. The molecule has 7 heterocycles. The van der Waals surface area contributed by atoms with Crippen molar-refractivity contribution in [2.75, 3.05) is 43.5 Å². The summed E-state index contributed by atoms with van der Waals surface area (Å²) in [5, 5.41) is 15.2. The van der Waals surface area contributed by atoms with E-state index in [1.807, 2.05) is 19.1 Å². The number of rotatable bonds is 4. The fourth-order valence-electron chi connectivity index (χ4n) is 8.76. The van der Waals surface area contributed by atoms with Crippen LogP contribution in [-0.2, 0) is 0 Å². The average Bonchev–Trinajstić information content (AvgIpc) is 3.75. The van der Waals surface area contributed by atoms with Gasteiger partial charge in [-0.05, 0) is 56.3 Å². The standard InChI is InChI=1S/C33H32ClF2N7O2S/c1-15-3-6-21-23(18(10-37)30(38)46-21)22(15)24-26(34)29-25-28(27(24)36)40-32(45-14-33-7-2-8-42(33)11-16(35)9-33)41-31(25)43-12-17-4-5-19(39-17)20(43)13-44-29/h3,6,16-17,19-20,39H,2,4-5,7-9,11-14,38H2,1H3/t16-,17?,19?,20?,33+/m1/s1. The summed E-state index contributed by atoms with van der Waals surface area (Å²) in [7, 11) is 0. The number of piperazine rings is 1. The monoisotopic (exact) mass is 663 g/mol. The van der Waals surface area contributed by atoms with Crippen LogP contribution in [0.2, 0.25) is 5.02 Å². The fraction of sp³-hybridized carbons (Fsp3) is 0.485. The lowest BCUT2D eigenvalue weighted by molar-refractivity contribution is 0.107. The van der Waals surface area contributed by atoms with Gasteiger partial charge in [-0.25, -0.2) is 8.78 Å². The first-order valence-corrected chi connectivity index (χ1v) is 17.1. The van der Waals surface area contributed by atoms with Gasteiger partial charge in [0.25, 0.3) is 0 Å². The van der Waals surface area contributed by atoms with Gasteiger partial charge in [-0.1, -0.05) is 17.7 Å². The summed E-state index contributed by atoms with van der Waals surface area (Å²) in [4.78, 5) is 14.0. The number of hydrogen-bond donors (Lipinski definition) is 2. The molecule has 4 fully saturated rings. The smallest absolute Gasteiger partial charge is 0.319 e. The summed E-state index contributed by atoms with van der Waals surface area (Å²) in [6.07, 6.45) is 3.34. The molecule has 0 saturated carbocycles. The van der Waals surface area contributed by atoms with E-state index in [1.165, 1.54) is 11.3 Å². The molecule has 13 heteroatoms. The van der Waals surface area contributed by atoms with Crippen LogP contribution in [0.5, 0.6) is 11.8 Å². The number of aromatic nitrogens is 2. The number of anilines is 2. The van der Waals surface area contributed by atoms with E-state index in [2.05, 4.69) is 21.2 Å². The number of aryl methyl sites for hydroxylation is 1. The van der Waals surface area contributed by atoms with E-state index in [-0.39, 0.29) is 52.4 Å². The fourth-order valence-corrected chi connectivity index (χ4v) is 10.0. The number of thiophene rings is 1. The number of ether oxygens (including phenoxy) is 2. The molecule has 5 aliphatic heterocycles. The van der Waals surface area contributed by atoms with Crippen molar-refractivity contribution in [3.8, 4) is 29.0 Å². The van der Waals surface area contributed by atoms with E-state index < -0.39 is 17.5 Å². The molecule has 2 bridgehead atoms. The molecule has 4 saturated heterocycles. The first-order chi connectivity index (χ1) is 22.3. The van der Waals surface area contributed by atoms with E-state index >= 15 is 4.39 Å². The van der Waals surface area contributed by atoms with Crippen LogP contribution in [0.15, 0.2) is 12.1 Å². The van der Waals surface area contributed by atoms with Crippen molar-refractivity contribution < 1.29 is 18.3 Å². The summed E-state index contributed by atoms with van der Waals surface area (Å²) in [5.41, 5.74) is 7.48. The summed E-state index contributed by atoms with van der Waals surface area (Å²) < 4.78 is 45.5. The lowest BCUT2D eigenvalue weighted by Crippen LogP contribution is -2.60. The molecule has 0 radical (unpaired) electrons. The number of nitriles is 1. The molecule has 46 heavy (non-hydrogen) atoms. The lowest BCUT2D eigenvalue weighted by atomic mass is 9.93. The van der Waals surface area contributed by atoms with Crippen LogP contribution in [-0.4, -0.2) is 77.6 Å². The predicted molar refractivity (Wildman–Crippen MR) is 174 cm³/mol. The number of nitrogens with zero attached hydrogens (tertiary/aromatic N) is 5. The van der Waals surface area contributed by atoms with Gasteiger partial charge in [0.2, 0.25) is 0 Å². The number of nitrogens with two attached hydrogens (primary N) is 1. The van der Waals surface area contributed by atoms with E-state index in [0.29, 0.717) is 59.0 Å². The third-order valence-electron chi connectivity index (χ3n) is 10.9. The zero-order chi connectivity index (χ0) is 31.5. The zero-order valence-corrected chi connectivity index (χ0v) is 26.8. The first-order valence-electron chi connectivity index (χ1n) is 15.9. The Labute approximate surface area is 273 Å². The van der Waals surface area contributed by atoms with Gasteiger partial charge in [-0.15, -0.1) is 11.3 Å². The van der Waals surface area contributed by atoms with Crippen LogP contribution in [0.4, 0.5) is 19.6 Å². The maximum Gasteiger partial charge on any atom is 0.319 e. The minimum atomic E-state index is -0.902. The molecule has 5 aliphatic rings. The molecule has 9 rings (SSSR count). The molecule has 2 aromatic heterocycles. The Kier molecular flexibility index (Phi) is 6.39. The Hall–Kier alpha value is -3.50. The molecule has 0 aliphatic carbocycles. The number of fused-ring (bicyclic) bond motifs is 7. The van der Waals surface area contributed by atoms with Gasteiger partial charge in [0, 0.05) is 47.2 Å². The SMILES string of the molecule is Cc1ccc2sc(N)c(C#N)c2c1-c1c(Cl)c2c3c(nc(OC[C@@]45CCCN4C[C@H](F)C5)nc3c1F)N1CC3CCC(N3)C1CO2. The van der Waals surface area contributed by atoms with E-state index in [0.717, 1.165) is 42.5 Å². The highest BCUT2D eigenvalue weighted by Crippen LogP contribution is 2.52. The summed E-state index contributed by atoms with van der Waals surface area (Å²) in [6.45, 7) is 4.31. The number of benzene rings is 2. The van der Waals surface area contributed by atoms with Gasteiger partial charge >= 0.3 is 6.01 Å². The second kappa shape index (κ2) is 10.2. The molecule has 0 amide bonds. The van der Waals surface area contributed by atoms with E-state index in [4.69, 9.17) is 36.8 Å². The number of hydrogen-bond acceptors (Lipinski definition) is 10. The second-order valence-corrected chi connectivity index (χ2v) is 14.9. The van der Waals surface area contributed by atoms with Crippen molar-refractivity contribution in [1.29, 1.82) is 5.26 Å². The average molecular weight is 664 g/mol. The molecule has 9 nitrogen and oxygen atoms in total. The molecule has 3 unspecified atom stereocenters. The van der Waals surface area contributed by atoms with Crippen molar-refractivity contribution in [2.24, 2.45) is 0 Å². The highest BCUT2D eigenvalue weighted by atomic mass is 35.5. The normalized spacial score (nSPS) is 28.3. The highest BCUT2D eigenvalue weighted by Gasteiger charge is 2.50. The van der Waals surface area contributed by atoms with Crippen LogP contribution in [0.1, 0.15) is 43.2 Å². The molecule has 4 aromatic rings. The van der Waals surface area contributed by atoms with Gasteiger partial charge in [-0.2, -0.15) is 15.2 Å². The molecule has 5 atom stereocenters. The minimum absolute atomic E-state index is 0.0367. The number of halogens is 3. The molecule has 0 spiro atoms. The number of nitrogens with one attached hydrogen (secondary N) is 1. The second-order valence-electron chi connectivity index (χ2n) is 13.4. The van der Waals surface area contributed by atoms with Crippen LogP contribution in [0.3, 0.4) is 0 Å². The summed E-state index contributed by atoms with van der Waals surface area (Å²) >= 11 is 8.46. The van der Waals surface area contributed by atoms with Crippen molar-refractivity contribution in [3.63, 3.8) is 0 Å². The number of alkyl halides is 1. The lowest BCUT2D eigenvalue weighted by Gasteiger charge is -2.40. The van der Waals surface area contributed by atoms with Crippen molar-refractivity contribution >= 4 is 54.7 Å². The van der Waals surface area contributed by atoms with Crippen molar-refractivity contribution in [3.05, 3.63) is 34.1 Å². The first kappa shape index (κ1) is 28.7. The number of nitrogen functional groups attached to an aromatic ring is 1. The topological polar surface area (TPSA) is 113 Å². The summed E-state index contributed by atoms with van der Waals surface area (Å²) in [5.74, 6) is 0.202. The van der Waals surface area contributed by atoms with Gasteiger partial charge in [-0.3, -0.25) is 4.90 Å². The van der Waals surface area contributed by atoms with Crippen LogP contribution in [0.25, 0.3) is 32.1 Å². The van der Waals surface area contributed by atoms with E-state index in [1.54, 1.807) is 0 Å². The quantitative estimate of drug-likeness (QED) is 0.283. The van der Waals surface area contributed by atoms with Crippen molar-refractivity contribution in [1.82, 2.24) is 20.2 Å². The Morgan fingerprint density at radius 1 is 1.26 bits per heavy atom. The third kappa shape index (κ3) is 4.01. The Balaban J connectivity index is 1.27. The largest absolute Gasteiger partial charge is 0.489 e. The molecule has 3 N–H and O–H groups in total. The predicted octanol–water partition coefficient (Wildman–Crippen LogP) is 5.72. The highest BCUT2D eigenvalue weighted by molar-refractivity contribution is 7.23. The molecule has 238 valence electrons. The zero-order valence-electron chi connectivity index (χ0n) is 25.2. The third-order valence-corrected chi connectivity index (χ3v) is 12.2. The van der Waals surface area contributed by atoms with Gasteiger partial charge in [0.05, 0.1) is 27.6 Å². The molecular formula is C33H32ClF2N7O2S. The maximum atomic E-state index is 17.3. The van der Waals surface area contributed by atoms with Crippen LogP contribution in [0, 0.1) is 24.1 Å². The summed E-state index contributed by atoms with van der Waals surface area (Å²) in [6, 6.07) is 6.42. The Morgan fingerprint density at radius 2 is 2.13 bits per heavy atom. The van der Waals surface area contributed by atoms with Gasteiger partial charge in [0.15, 0.2) is 11.6 Å². The Bertz CT molecular complexity index is 2000.